The average Bonchev–Trinajstić information content (AvgIpc) is 2.65. The van der Waals surface area contributed by atoms with E-state index in [2.05, 4.69) is 24.3 Å². The summed E-state index contributed by atoms with van der Waals surface area (Å²) in [7, 11) is 1.68. The normalized spacial score (nSPS) is 12.8. The zero-order valence-electron chi connectivity index (χ0n) is 14.4. The maximum absolute atomic E-state index is 9.50. The Kier molecular flexibility index (Phi) is 5.31. The molecule has 25 heavy (non-hydrogen) atoms. The Labute approximate surface area is 153 Å². The van der Waals surface area contributed by atoms with Gasteiger partial charge in [0.25, 0.3) is 0 Å². The Hall–Kier alpha value is -2.44. The van der Waals surface area contributed by atoms with E-state index < -0.39 is 0 Å². The molecular formula is C21H20ClNO2. The zero-order valence-corrected chi connectivity index (χ0v) is 15.2. The van der Waals surface area contributed by atoms with Crippen LogP contribution in [0.4, 0.5) is 0 Å². The van der Waals surface area contributed by atoms with Crippen LogP contribution in [0.2, 0.25) is 5.02 Å². The van der Waals surface area contributed by atoms with E-state index in [-0.39, 0.29) is 0 Å². The number of benzene rings is 2. The van der Waals surface area contributed by atoms with Crippen LogP contribution in [-0.2, 0) is 6.42 Å². The molecule has 4 heteroatoms. The van der Waals surface area contributed by atoms with Gasteiger partial charge >= 0.3 is 0 Å². The SMILES string of the molecule is CCCOc1c(Cl)cc(C2=CCCc3cc(OC)ccc32)cc1C#N. The van der Waals surface area contributed by atoms with Gasteiger partial charge in [0, 0.05) is 0 Å². The number of ether oxygens (including phenoxy) is 2. The van der Waals surface area contributed by atoms with E-state index in [0.29, 0.717) is 22.9 Å². The largest absolute Gasteiger partial charge is 0.497 e. The molecule has 128 valence electrons. The van der Waals surface area contributed by atoms with Crippen LogP contribution in [0.15, 0.2) is 36.4 Å². The highest BCUT2D eigenvalue weighted by Gasteiger charge is 2.18. The molecule has 1 aliphatic rings. The molecule has 0 spiro atoms. The molecule has 0 fully saturated rings. The number of nitriles is 1. The molecule has 0 unspecified atom stereocenters. The second-order valence-corrected chi connectivity index (χ2v) is 6.38. The molecule has 0 N–H and O–H groups in total. The Balaban J connectivity index is 2.05. The second-order valence-electron chi connectivity index (χ2n) is 5.97. The van der Waals surface area contributed by atoms with Gasteiger partial charge in [-0.25, -0.2) is 0 Å². The first-order chi connectivity index (χ1) is 12.2. The van der Waals surface area contributed by atoms with Crippen molar-refractivity contribution in [3.63, 3.8) is 0 Å². The van der Waals surface area contributed by atoms with E-state index in [9.17, 15) is 5.26 Å². The minimum absolute atomic E-state index is 0.470. The predicted molar refractivity (Wildman–Crippen MR) is 100 cm³/mol. The molecule has 0 radical (unpaired) electrons. The molecule has 2 aromatic carbocycles. The number of hydrogen-bond donors (Lipinski definition) is 0. The first-order valence-electron chi connectivity index (χ1n) is 8.42. The fourth-order valence-electron chi connectivity index (χ4n) is 3.10. The smallest absolute Gasteiger partial charge is 0.155 e. The molecule has 3 rings (SSSR count). The van der Waals surface area contributed by atoms with Crippen molar-refractivity contribution in [2.45, 2.75) is 26.2 Å². The summed E-state index contributed by atoms with van der Waals surface area (Å²) in [6.07, 6.45) is 4.99. The van der Waals surface area contributed by atoms with Crippen molar-refractivity contribution in [3.8, 4) is 17.6 Å². The van der Waals surface area contributed by atoms with Crippen molar-refractivity contribution in [1.29, 1.82) is 5.26 Å². The van der Waals surface area contributed by atoms with Crippen molar-refractivity contribution in [2.75, 3.05) is 13.7 Å². The first kappa shape index (κ1) is 17.4. The van der Waals surface area contributed by atoms with Crippen molar-refractivity contribution in [2.24, 2.45) is 0 Å². The zero-order chi connectivity index (χ0) is 17.8. The molecule has 0 amide bonds. The van der Waals surface area contributed by atoms with Crippen LogP contribution in [-0.4, -0.2) is 13.7 Å². The number of fused-ring (bicyclic) bond motifs is 1. The summed E-state index contributed by atoms with van der Waals surface area (Å²) >= 11 is 6.42. The molecule has 0 saturated carbocycles. The topological polar surface area (TPSA) is 42.2 Å². The fraction of sp³-hybridized carbons (Fsp3) is 0.286. The third-order valence-electron chi connectivity index (χ3n) is 4.29. The minimum atomic E-state index is 0.470. The Morgan fingerprint density at radius 1 is 1.24 bits per heavy atom. The van der Waals surface area contributed by atoms with Crippen molar-refractivity contribution in [1.82, 2.24) is 0 Å². The van der Waals surface area contributed by atoms with Crippen LogP contribution in [0, 0.1) is 11.3 Å². The van der Waals surface area contributed by atoms with Gasteiger partial charge in [0.2, 0.25) is 0 Å². The van der Waals surface area contributed by atoms with Crippen LogP contribution < -0.4 is 9.47 Å². The maximum Gasteiger partial charge on any atom is 0.155 e. The number of aryl methyl sites for hydroxylation is 1. The lowest BCUT2D eigenvalue weighted by Gasteiger charge is -2.20. The fourth-order valence-corrected chi connectivity index (χ4v) is 3.38. The summed E-state index contributed by atoms with van der Waals surface area (Å²) in [6, 6.07) is 12.1. The lowest BCUT2D eigenvalue weighted by atomic mass is 9.86. The van der Waals surface area contributed by atoms with Gasteiger partial charge in [-0.3, -0.25) is 0 Å². The van der Waals surface area contributed by atoms with Gasteiger partial charge in [-0.15, -0.1) is 0 Å². The van der Waals surface area contributed by atoms with Crippen LogP contribution in [0.1, 0.15) is 42.0 Å². The second kappa shape index (κ2) is 7.63. The van der Waals surface area contributed by atoms with Crippen LogP contribution >= 0.6 is 11.6 Å². The Morgan fingerprint density at radius 3 is 2.80 bits per heavy atom. The summed E-state index contributed by atoms with van der Waals surface area (Å²) < 4.78 is 11.0. The van der Waals surface area contributed by atoms with Crippen molar-refractivity contribution >= 4 is 17.2 Å². The van der Waals surface area contributed by atoms with E-state index in [1.807, 2.05) is 25.1 Å². The highest BCUT2D eigenvalue weighted by Crippen LogP contribution is 2.38. The maximum atomic E-state index is 9.50. The summed E-state index contributed by atoms with van der Waals surface area (Å²) in [6.45, 7) is 2.56. The summed E-state index contributed by atoms with van der Waals surface area (Å²) in [4.78, 5) is 0. The molecule has 0 saturated heterocycles. The van der Waals surface area contributed by atoms with E-state index in [4.69, 9.17) is 21.1 Å². The van der Waals surface area contributed by atoms with E-state index in [0.717, 1.165) is 41.7 Å². The van der Waals surface area contributed by atoms with Gasteiger partial charge in [0.05, 0.1) is 24.3 Å². The summed E-state index contributed by atoms with van der Waals surface area (Å²) in [5, 5.41) is 9.98. The van der Waals surface area contributed by atoms with E-state index in [1.54, 1.807) is 7.11 Å². The van der Waals surface area contributed by atoms with Crippen molar-refractivity contribution in [3.05, 3.63) is 63.7 Å². The first-order valence-corrected chi connectivity index (χ1v) is 8.80. The number of allylic oxidation sites excluding steroid dienone is 1. The van der Waals surface area contributed by atoms with Crippen molar-refractivity contribution < 1.29 is 9.47 Å². The van der Waals surface area contributed by atoms with E-state index >= 15 is 0 Å². The molecular weight excluding hydrogens is 334 g/mol. The standard InChI is InChI=1S/C21H20ClNO2/c1-3-9-25-21-16(13-23)10-15(12-20(21)22)18-6-4-5-14-11-17(24-2)7-8-19(14)18/h6-8,10-12H,3-5,9H2,1-2H3. The molecule has 0 aliphatic heterocycles. The molecule has 2 aromatic rings. The number of methoxy groups -OCH3 is 1. The molecule has 3 nitrogen and oxygen atoms in total. The summed E-state index contributed by atoms with van der Waals surface area (Å²) in [5.41, 5.74) is 4.92. The summed E-state index contributed by atoms with van der Waals surface area (Å²) in [5.74, 6) is 1.33. The van der Waals surface area contributed by atoms with E-state index in [1.165, 1.54) is 5.56 Å². The molecule has 0 atom stereocenters. The molecule has 0 heterocycles. The van der Waals surface area contributed by atoms with Gasteiger partial charge in [-0.1, -0.05) is 30.7 Å². The highest BCUT2D eigenvalue weighted by atomic mass is 35.5. The number of hydrogen-bond acceptors (Lipinski definition) is 3. The number of nitrogens with zero attached hydrogens (tertiary/aromatic N) is 1. The lowest BCUT2D eigenvalue weighted by Crippen LogP contribution is -2.03. The molecule has 0 bridgehead atoms. The third-order valence-corrected chi connectivity index (χ3v) is 4.57. The molecule has 1 aliphatic carbocycles. The lowest BCUT2D eigenvalue weighted by molar-refractivity contribution is 0.316. The monoisotopic (exact) mass is 353 g/mol. The van der Waals surface area contributed by atoms with Crippen LogP contribution in [0.25, 0.3) is 5.57 Å². The van der Waals surface area contributed by atoms with Gasteiger partial charge in [0.15, 0.2) is 5.75 Å². The molecule has 0 aromatic heterocycles. The Morgan fingerprint density at radius 2 is 2.08 bits per heavy atom. The quantitative estimate of drug-likeness (QED) is 0.724. The van der Waals surface area contributed by atoms with Crippen LogP contribution in [0.5, 0.6) is 11.5 Å². The average molecular weight is 354 g/mol. The predicted octanol–water partition coefficient (Wildman–Crippen LogP) is 5.39. The third kappa shape index (κ3) is 3.50. The number of rotatable bonds is 5. The van der Waals surface area contributed by atoms with Gasteiger partial charge in [0.1, 0.15) is 11.8 Å². The van der Waals surface area contributed by atoms with Crippen LogP contribution in [0.3, 0.4) is 0 Å². The highest BCUT2D eigenvalue weighted by molar-refractivity contribution is 6.32. The minimum Gasteiger partial charge on any atom is -0.497 e. The number of halogens is 1. The van der Waals surface area contributed by atoms with Gasteiger partial charge < -0.3 is 9.47 Å². The van der Waals surface area contributed by atoms with Gasteiger partial charge in [-0.2, -0.15) is 5.26 Å². The van der Waals surface area contributed by atoms with Gasteiger partial charge in [-0.05, 0) is 65.8 Å². The Bertz CT molecular complexity index is 865.